The van der Waals surface area contributed by atoms with E-state index in [2.05, 4.69) is 12.2 Å². The molecule has 0 radical (unpaired) electrons. The van der Waals surface area contributed by atoms with Gasteiger partial charge in [-0.3, -0.25) is 0 Å². The van der Waals surface area contributed by atoms with Crippen molar-refractivity contribution in [3.8, 4) is 23.0 Å². The molecule has 5 nitrogen and oxygen atoms in total. The number of ether oxygens (including phenoxy) is 4. The lowest BCUT2D eigenvalue weighted by Crippen LogP contribution is -2.18. The van der Waals surface area contributed by atoms with E-state index in [0.29, 0.717) is 23.9 Å². The van der Waals surface area contributed by atoms with Crippen molar-refractivity contribution in [3.05, 3.63) is 12.1 Å². The molecule has 1 N–H and O–H groups in total. The quantitative estimate of drug-likeness (QED) is 0.669. The molecule has 20 heavy (non-hydrogen) atoms. The first-order chi connectivity index (χ1) is 9.76. The Labute approximate surface area is 121 Å². The van der Waals surface area contributed by atoms with Crippen molar-refractivity contribution >= 4 is 0 Å². The van der Waals surface area contributed by atoms with E-state index in [0.717, 1.165) is 31.7 Å². The van der Waals surface area contributed by atoms with Gasteiger partial charge in [-0.1, -0.05) is 6.92 Å². The predicted molar refractivity (Wildman–Crippen MR) is 79.4 cm³/mol. The third-order valence-corrected chi connectivity index (χ3v) is 2.83. The molecule has 0 unspecified atom stereocenters. The van der Waals surface area contributed by atoms with E-state index in [4.69, 9.17) is 18.9 Å². The van der Waals surface area contributed by atoms with E-state index >= 15 is 0 Å². The largest absolute Gasteiger partial charge is 0.493 e. The first-order valence-corrected chi connectivity index (χ1v) is 6.90. The summed E-state index contributed by atoms with van der Waals surface area (Å²) < 4.78 is 21.5. The number of rotatable bonds is 10. The van der Waals surface area contributed by atoms with Crippen LogP contribution in [-0.2, 0) is 0 Å². The van der Waals surface area contributed by atoms with Gasteiger partial charge in [0.15, 0.2) is 11.5 Å². The van der Waals surface area contributed by atoms with Crippen molar-refractivity contribution in [3.63, 3.8) is 0 Å². The van der Waals surface area contributed by atoms with Crippen LogP contribution in [0.15, 0.2) is 12.1 Å². The zero-order valence-electron chi connectivity index (χ0n) is 12.8. The van der Waals surface area contributed by atoms with Gasteiger partial charge >= 0.3 is 0 Å². The summed E-state index contributed by atoms with van der Waals surface area (Å²) >= 11 is 0. The molecule has 114 valence electrons. The number of nitrogens with one attached hydrogen (secondary N) is 1. The Morgan fingerprint density at radius 3 is 2.10 bits per heavy atom. The van der Waals surface area contributed by atoms with Crippen LogP contribution in [0.5, 0.6) is 23.0 Å². The lowest BCUT2D eigenvalue weighted by Gasteiger charge is -2.14. The first-order valence-electron chi connectivity index (χ1n) is 6.90. The second-order valence-electron chi connectivity index (χ2n) is 4.31. The smallest absolute Gasteiger partial charge is 0.203 e. The maximum absolute atomic E-state index is 5.72. The second kappa shape index (κ2) is 9.31. The minimum Gasteiger partial charge on any atom is -0.493 e. The highest BCUT2D eigenvalue weighted by atomic mass is 16.5. The number of hydrogen-bond donors (Lipinski definition) is 1. The molecule has 0 spiro atoms. The summed E-state index contributed by atoms with van der Waals surface area (Å²) in [6.45, 7) is 4.80. The van der Waals surface area contributed by atoms with Gasteiger partial charge in [0.05, 0.1) is 27.9 Å². The third-order valence-electron chi connectivity index (χ3n) is 2.83. The van der Waals surface area contributed by atoms with Gasteiger partial charge in [0.1, 0.15) is 5.75 Å². The molecule has 0 aliphatic heterocycles. The molecule has 0 aliphatic rings. The maximum Gasteiger partial charge on any atom is 0.203 e. The van der Waals surface area contributed by atoms with E-state index in [1.807, 2.05) is 0 Å². The van der Waals surface area contributed by atoms with Crippen LogP contribution in [0.3, 0.4) is 0 Å². The lowest BCUT2D eigenvalue weighted by atomic mass is 10.2. The van der Waals surface area contributed by atoms with Crippen molar-refractivity contribution in [2.75, 3.05) is 41.0 Å². The third kappa shape index (κ3) is 4.81. The molecule has 1 aromatic carbocycles. The molecule has 0 heterocycles. The van der Waals surface area contributed by atoms with Crippen LogP contribution < -0.4 is 24.3 Å². The zero-order chi connectivity index (χ0) is 14.8. The minimum absolute atomic E-state index is 0.576. The number of methoxy groups -OCH3 is 3. The van der Waals surface area contributed by atoms with Crippen LogP contribution in [0.4, 0.5) is 0 Å². The molecule has 5 heteroatoms. The average Bonchev–Trinajstić information content (AvgIpc) is 2.49. The maximum atomic E-state index is 5.72. The Morgan fingerprint density at radius 1 is 0.950 bits per heavy atom. The molecule has 1 aromatic rings. The number of hydrogen-bond acceptors (Lipinski definition) is 5. The normalized spacial score (nSPS) is 10.2. The molecular formula is C15H25NO4. The molecule has 0 saturated carbocycles. The zero-order valence-corrected chi connectivity index (χ0v) is 12.8. The summed E-state index contributed by atoms with van der Waals surface area (Å²) in [6, 6.07) is 3.61. The molecule has 1 rings (SSSR count). The van der Waals surface area contributed by atoms with Crippen molar-refractivity contribution in [1.82, 2.24) is 5.32 Å². The van der Waals surface area contributed by atoms with Gasteiger partial charge in [0.25, 0.3) is 0 Å². The predicted octanol–water partition coefficient (Wildman–Crippen LogP) is 2.48. The van der Waals surface area contributed by atoms with Gasteiger partial charge in [-0.2, -0.15) is 0 Å². The summed E-state index contributed by atoms with van der Waals surface area (Å²) in [4.78, 5) is 0. The average molecular weight is 283 g/mol. The fourth-order valence-electron chi connectivity index (χ4n) is 1.83. The van der Waals surface area contributed by atoms with E-state index in [1.54, 1.807) is 33.5 Å². The molecule has 0 amide bonds. The summed E-state index contributed by atoms with van der Waals surface area (Å²) in [7, 11) is 4.77. The van der Waals surface area contributed by atoms with E-state index in [-0.39, 0.29) is 0 Å². The van der Waals surface area contributed by atoms with Gasteiger partial charge in [-0.15, -0.1) is 0 Å². The van der Waals surface area contributed by atoms with Crippen LogP contribution >= 0.6 is 0 Å². The van der Waals surface area contributed by atoms with E-state index in [1.165, 1.54) is 0 Å². The lowest BCUT2D eigenvalue weighted by molar-refractivity contribution is 0.293. The van der Waals surface area contributed by atoms with Crippen LogP contribution in [0.25, 0.3) is 0 Å². The molecule has 0 atom stereocenters. The molecule has 0 bridgehead atoms. The Hall–Kier alpha value is -1.62. The van der Waals surface area contributed by atoms with Crippen molar-refractivity contribution < 1.29 is 18.9 Å². The van der Waals surface area contributed by atoms with Crippen LogP contribution in [-0.4, -0.2) is 41.0 Å². The van der Waals surface area contributed by atoms with E-state index in [9.17, 15) is 0 Å². The highest BCUT2D eigenvalue weighted by Crippen LogP contribution is 2.40. The summed E-state index contributed by atoms with van der Waals surface area (Å²) in [5.41, 5.74) is 0. The Bertz CT molecular complexity index is 370. The van der Waals surface area contributed by atoms with Crippen molar-refractivity contribution in [2.24, 2.45) is 0 Å². The molecule has 0 fully saturated rings. The van der Waals surface area contributed by atoms with E-state index < -0.39 is 0 Å². The summed E-state index contributed by atoms with van der Waals surface area (Å²) in [5, 5.41) is 3.34. The molecule has 0 aliphatic carbocycles. The van der Waals surface area contributed by atoms with Gasteiger partial charge in [0, 0.05) is 12.1 Å². The highest BCUT2D eigenvalue weighted by molar-refractivity contribution is 5.55. The topological polar surface area (TPSA) is 49.0 Å². The van der Waals surface area contributed by atoms with Crippen LogP contribution in [0.2, 0.25) is 0 Å². The van der Waals surface area contributed by atoms with Crippen molar-refractivity contribution in [2.45, 2.75) is 19.8 Å². The Kier molecular flexibility index (Phi) is 7.65. The fraction of sp³-hybridized carbons (Fsp3) is 0.600. The second-order valence-corrected chi connectivity index (χ2v) is 4.31. The first kappa shape index (κ1) is 16.4. The SMILES string of the molecule is CCCNCCCOc1cc(OC)c(OC)c(OC)c1. The minimum atomic E-state index is 0.576. The van der Waals surface area contributed by atoms with Gasteiger partial charge in [-0.05, 0) is 25.9 Å². The molecule has 0 aromatic heterocycles. The standard InChI is InChI=1S/C15H25NO4/c1-5-7-16-8-6-9-20-12-10-13(17-2)15(19-4)14(11-12)18-3/h10-11,16H,5-9H2,1-4H3. The molecule has 0 saturated heterocycles. The highest BCUT2D eigenvalue weighted by Gasteiger charge is 2.13. The summed E-state index contributed by atoms with van der Waals surface area (Å²) in [6.07, 6.45) is 2.10. The van der Waals surface area contributed by atoms with Gasteiger partial charge in [-0.25, -0.2) is 0 Å². The Morgan fingerprint density at radius 2 is 1.60 bits per heavy atom. The van der Waals surface area contributed by atoms with Crippen LogP contribution in [0, 0.1) is 0 Å². The number of benzene rings is 1. The van der Waals surface area contributed by atoms with Crippen molar-refractivity contribution in [1.29, 1.82) is 0 Å². The Balaban J connectivity index is 2.57. The van der Waals surface area contributed by atoms with Gasteiger partial charge in [0.2, 0.25) is 5.75 Å². The monoisotopic (exact) mass is 283 g/mol. The van der Waals surface area contributed by atoms with Gasteiger partial charge < -0.3 is 24.3 Å². The van der Waals surface area contributed by atoms with Crippen LogP contribution in [0.1, 0.15) is 19.8 Å². The fourth-order valence-corrected chi connectivity index (χ4v) is 1.83. The molecular weight excluding hydrogens is 258 g/mol. The summed E-state index contributed by atoms with van der Waals surface area (Å²) in [5.74, 6) is 2.50.